The summed E-state index contributed by atoms with van der Waals surface area (Å²) in [6, 6.07) is 3.55. The number of hydrogen-bond acceptors (Lipinski definition) is 5. The topological polar surface area (TPSA) is 114 Å². The molecule has 0 unspecified atom stereocenters. The fourth-order valence-electron chi connectivity index (χ4n) is 2.18. The Morgan fingerprint density at radius 1 is 1.52 bits per heavy atom. The number of rotatable bonds is 3. The lowest BCUT2D eigenvalue weighted by Gasteiger charge is -2.15. The third-order valence-corrected chi connectivity index (χ3v) is 3.27. The number of amides is 1. The van der Waals surface area contributed by atoms with E-state index in [1.165, 1.54) is 26.3 Å². The van der Waals surface area contributed by atoms with E-state index in [1.54, 1.807) is 0 Å². The number of nitrogens with one attached hydrogen (secondary N) is 1. The number of methoxy groups -OCH3 is 1. The number of nitrogens with two attached hydrogens (primary N) is 1. The largest absolute Gasteiger partial charge is 0.507 e. The molecule has 0 saturated carbocycles. The molecule has 0 aliphatic rings. The minimum atomic E-state index is -0.813. The minimum absolute atomic E-state index is 0.000610. The van der Waals surface area contributed by atoms with Gasteiger partial charge in [0, 0.05) is 18.2 Å². The Kier molecular flexibility index (Phi) is 5.14. The molecule has 0 atom stereocenters. The van der Waals surface area contributed by atoms with Crippen molar-refractivity contribution in [2.24, 2.45) is 10.7 Å². The second kappa shape index (κ2) is 7.27. The Balaban J connectivity index is 2.81. The summed E-state index contributed by atoms with van der Waals surface area (Å²) in [7, 11) is 2.68. The molecule has 4 N–H and O–H groups in total. The number of nitrogens with zero attached hydrogens (tertiary/aromatic N) is 3. The lowest BCUT2D eigenvalue weighted by Crippen LogP contribution is -2.36. The molecule has 1 aromatic carbocycles. The van der Waals surface area contributed by atoms with Crippen molar-refractivity contribution in [3.63, 3.8) is 0 Å². The van der Waals surface area contributed by atoms with E-state index in [1.807, 2.05) is 0 Å². The SMILES string of the molecule is [C-]#[N+]c1ccc(O)c(C(=O)NC(N)=NC)c1-c1cc(F)cnc1OC. The summed E-state index contributed by atoms with van der Waals surface area (Å²) in [5, 5.41) is 12.4. The number of aromatic hydroxyl groups is 1. The molecule has 0 saturated heterocycles. The Hall–Kier alpha value is -3.67. The van der Waals surface area contributed by atoms with Crippen LogP contribution in [0.5, 0.6) is 11.6 Å². The predicted octanol–water partition coefficient (Wildman–Crippen LogP) is 1.83. The fourth-order valence-corrected chi connectivity index (χ4v) is 2.18. The highest BCUT2D eigenvalue weighted by molar-refractivity contribution is 6.12. The average molecular weight is 343 g/mol. The monoisotopic (exact) mass is 343 g/mol. The third-order valence-electron chi connectivity index (χ3n) is 3.27. The summed E-state index contributed by atoms with van der Waals surface area (Å²) < 4.78 is 18.8. The number of halogens is 1. The van der Waals surface area contributed by atoms with Crippen molar-refractivity contribution in [3.05, 3.63) is 47.2 Å². The molecule has 1 amide bonds. The van der Waals surface area contributed by atoms with Crippen molar-refractivity contribution >= 4 is 17.6 Å². The van der Waals surface area contributed by atoms with Crippen molar-refractivity contribution < 1.29 is 19.0 Å². The molecule has 0 aliphatic carbocycles. The Bertz CT molecular complexity index is 905. The molecule has 9 heteroatoms. The summed E-state index contributed by atoms with van der Waals surface area (Å²) in [5.41, 5.74) is 5.22. The number of pyridine rings is 1. The van der Waals surface area contributed by atoms with Gasteiger partial charge in [0.2, 0.25) is 5.88 Å². The lowest BCUT2D eigenvalue weighted by molar-refractivity contribution is 0.0974. The summed E-state index contributed by atoms with van der Waals surface area (Å²) in [5.74, 6) is -2.13. The summed E-state index contributed by atoms with van der Waals surface area (Å²) in [4.78, 5) is 23.2. The second-order valence-electron chi connectivity index (χ2n) is 4.74. The van der Waals surface area contributed by atoms with Gasteiger partial charge < -0.3 is 15.6 Å². The number of phenols is 1. The normalized spacial score (nSPS) is 10.9. The zero-order valence-electron chi connectivity index (χ0n) is 13.4. The van der Waals surface area contributed by atoms with Crippen LogP contribution < -0.4 is 15.8 Å². The van der Waals surface area contributed by atoms with Gasteiger partial charge in [0.05, 0.1) is 25.4 Å². The van der Waals surface area contributed by atoms with Gasteiger partial charge in [-0.25, -0.2) is 14.2 Å². The van der Waals surface area contributed by atoms with E-state index in [9.17, 15) is 14.3 Å². The molecule has 1 aromatic heterocycles. The molecule has 2 rings (SSSR count). The number of benzene rings is 1. The molecule has 1 heterocycles. The zero-order valence-corrected chi connectivity index (χ0v) is 13.4. The number of phenolic OH excluding ortho intramolecular Hbond substituents is 1. The standard InChI is InChI=1S/C16H14FN5O3/c1-19-10-4-5-11(23)13(14(24)22-16(18)20-2)12(10)9-6-8(17)7-21-15(9)25-3/h4-7,23H,2-3H3,(H3,18,20,22,24). The Morgan fingerprint density at radius 2 is 2.24 bits per heavy atom. The van der Waals surface area contributed by atoms with Crippen molar-refractivity contribution in [3.8, 4) is 22.8 Å². The van der Waals surface area contributed by atoms with Crippen LogP contribution in [-0.4, -0.2) is 36.1 Å². The molecule has 2 aromatic rings. The smallest absolute Gasteiger partial charge is 0.261 e. The van der Waals surface area contributed by atoms with Gasteiger partial charge in [-0.2, -0.15) is 0 Å². The van der Waals surface area contributed by atoms with Gasteiger partial charge in [-0.05, 0) is 12.1 Å². The van der Waals surface area contributed by atoms with E-state index in [0.717, 1.165) is 12.3 Å². The zero-order chi connectivity index (χ0) is 18.6. The maximum absolute atomic E-state index is 13.7. The molecule has 0 fully saturated rings. The van der Waals surface area contributed by atoms with Crippen LogP contribution in [0.1, 0.15) is 10.4 Å². The van der Waals surface area contributed by atoms with E-state index >= 15 is 0 Å². The first-order valence-corrected chi connectivity index (χ1v) is 6.89. The van der Waals surface area contributed by atoms with E-state index in [2.05, 4.69) is 20.1 Å². The van der Waals surface area contributed by atoms with E-state index in [-0.39, 0.29) is 34.2 Å². The van der Waals surface area contributed by atoms with E-state index < -0.39 is 17.5 Å². The molecular weight excluding hydrogens is 329 g/mol. The molecular formula is C16H14FN5O3. The highest BCUT2D eigenvalue weighted by Gasteiger charge is 2.24. The molecule has 0 aliphatic heterocycles. The maximum Gasteiger partial charge on any atom is 0.261 e. The highest BCUT2D eigenvalue weighted by atomic mass is 19.1. The number of carbonyl (C=O) groups excluding carboxylic acids is 1. The van der Waals surface area contributed by atoms with Gasteiger partial charge >= 0.3 is 0 Å². The molecule has 0 spiro atoms. The Labute approximate surface area is 142 Å². The first-order chi connectivity index (χ1) is 11.9. The van der Waals surface area contributed by atoms with Crippen LogP contribution in [0, 0.1) is 12.4 Å². The van der Waals surface area contributed by atoms with Crippen molar-refractivity contribution in [1.29, 1.82) is 0 Å². The van der Waals surface area contributed by atoms with Gasteiger partial charge in [0.25, 0.3) is 5.91 Å². The fraction of sp³-hybridized carbons (Fsp3) is 0.125. The number of aliphatic imine (C=N–C) groups is 1. The third kappa shape index (κ3) is 3.48. The first-order valence-electron chi connectivity index (χ1n) is 6.89. The first kappa shape index (κ1) is 17.7. The van der Waals surface area contributed by atoms with Crippen LogP contribution in [0.25, 0.3) is 16.0 Å². The van der Waals surface area contributed by atoms with Crippen LogP contribution in [0.3, 0.4) is 0 Å². The van der Waals surface area contributed by atoms with Crippen LogP contribution in [0.2, 0.25) is 0 Å². The predicted molar refractivity (Wildman–Crippen MR) is 89.1 cm³/mol. The van der Waals surface area contributed by atoms with Crippen LogP contribution in [0.15, 0.2) is 29.4 Å². The van der Waals surface area contributed by atoms with Crippen molar-refractivity contribution in [2.75, 3.05) is 14.2 Å². The molecule has 0 bridgehead atoms. The number of ether oxygens (including phenoxy) is 1. The summed E-state index contributed by atoms with van der Waals surface area (Å²) >= 11 is 0. The van der Waals surface area contributed by atoms with Gasteiger partial charge in [-0.1, -0.05) is 6.07 Å². The van der Waals surface area contributed by atoms with Gasteiger partial charge in [-0.3, -0.25) is 15.1 Å². The molecule has 0 radical (unpaired) electrons. The lowest BCUT2D eigenvalue weighted by atomic mass is 9.96. The highest BCUT2D eigenvalue weighted by Crippen LogP contribution is 2.41. The number of guanidine groups is 1. The number of carbonyl (C=O) groups is 1. The van der Waals surface area contributed by atoms with Crippen LogP contribution in [0.4, 0.5) is 10.1 Å². The Morgan fingerprint density at radius 3 is 2.84 bits per heavy atom. The van der Waals surface area contributed by atoms with E-state index in [4.69, 9.17) is 17.0 Å². The van der Waals surface area contributed by atoms with Crippen LogP contribution >= 0.6 is 0 Å². The van der Waals surface area contributed by atoms with Gasteiger partial charge in [0.15, 0.2) is 11.6 Å². The average Bonchev–Trinajstić information content (AvgIpc) is 2.60. The number of aromatic nitrogens is 1. The second-order valence-corrected chi connectivity index (χ2v) is 4.74. The number of hydrogen-bond donors (Lipinski definition) is 3. The van der Waals surface area contributed by atoms with Crippen molar-refractivity contribution in [2.45, 2.75) is 0 Å². The quantitative estimate of drug-likeness (QED) is 0.447. The van der Waals surface area contributed by atoms with Gasteiger partial charge in [-0.15, -0.1) is 0 Å². The van der Waals surface area contributed by atoms with E-state index in [0.29, 0.717) is 0 Å². The molecule has 25 heavy (non-hydrogen) atoms. The van der Waals surface area contributed by atoms with Crippen molar-refractivity contribution in [1.82, 2.24) is 10.3 Å². The minimum Gasteiger partial charge on any atom is -0.507 e. The summed E-state index contributed by atoms with van der Waals surface area (Å²) in [6.07, 6.45) is 0.935. The maximum atomic E-state index is 13.7. The van der Waals surface area contributed by atoms with Crippen LogP contribution in [-0.2, 0) is 0 Å². The molecule has 8 nitrogen and oxygen atoms in total. The molecule has 128 valence electrons. The summed E-state index contributed by atoms with van der Waals surface area (Å²) in [6.45, 7) is 7.31. The van der Waals surface area contributed by atoms with Gasteiger partial charge in [0.1, 0.15) is 11.6 Å².